The van der Waals surface area contributed by atoms with Gasteiger partial charge in [-0.25, -0.2) is 4.98 Å². The van der Waals surface area contributed by atoms with Crippen LogP contribution < -0.4 is 4.90 Å². The van der Waals surface area contributed by atoms with E-state index in [4.69, 9.17) is 0 Å². The Hall–Kier alpha value is -3.60. The van der Waals surface area contributed by atoms with Crippen molar-refractivity contribution in [2.75, 3.05) is 31.1 Å². The molecule has 1 aromatic heterocycles. The predicted molar refractivity (Wildman–Crippen MR) is 106 cm³/mol. The molecule has 5 nitrogen and oxygen atoms in total. The van der Waals surface area contributed by atoms with Crippen LogP contribution in [-0.2, 0) is 6.18 Å². The summed E-state index contributed by atoms with van der Waals surface area (Å²) in [5, 5.41) is 10.2. The maximum absolute atomic E-state index is 12.9. The summed E-state index contributed by atoms with van der Waals surface area (Å²) in [6.45, 7) is 1.74. The first-order chi connectivity index (χ1) is 14.4. The highest BCUT2D eigenvalue weighted by Gasteiger charge is 2.32. The van der Waals surface area contributed by atoms with Gasteiger partial charge in [-0.05, 0) is 30.3 Å². The SMILES string of the molecule is N#Cc1cc(N2CCN(C(=O)c3cccc(C(F)(F)F)c3)CC2)c2ccccc2n1. The molecule has 0 bridgehead atoms. The van der Waals surface area contributed by atoms with Gasteiger partial charge in [0.05, 0.1) is 11.1 Å². The summed E-state index contributed by atoms with van der Waals surface area (Å²) in [4.78, 5) is 20.7. The fraction of sp³-hybridized carbons (Fsp3) is 0.227. The number of para-hydroxylation sites is 1. The van der Waals surface area contributed by atoms with Gasteiger partial charge in [-0.1, -0.05) is 24.3 Å². The van der Waals surface area contributed by atoms with Gasteiger partial charge in [-0.2, -0.15) is 18.4 Å². The van der Waals surface area contributed by atoms with E-state index in [2.05, 4.69) is 16.0 Å². The zero-order chi connectivity index (χ0) is 21.3. The number of aromatic nitrogens is 1. The zero-order valence-electron chi connectivity index (χ0n) is 15.9. The maximum Gasteiger partial charge on any atom is 0.416 e. The Morgan fingerprint density at radius 3 is 2.43 bits per heavy atom. The highest BCUT2D eigenvalue weighted by Crippen LogP contribution is 2.30. The average Bonchev–Trinajstić information content (AvgIpc) is 2.77. The summed E-state index contributed by atoms with van der Waals surface area (Å²) in [5.41, 5.74) is 1.09. The van der Waals surface area contributed by atoms with Gasteiger partial charge in [0, 0.05) is 42.8 Å². The molecular formula is C22H17F3N4O. The fourth-order valence-corrected chi connectivity index (χ4v) is 3.64. The normalized spacial score (nSPS) is 14.6. The van der Waals surface area contributed by atoms with E-state index in [0.717, 1.165) is 23.2 Å². The Morgan fingerprint density at radius 2 is 1.73 bits per heavy atom. The number of amides is 1. The molecule has 0 N–H and O–H groups in total. The molecule has 0 unspecified atom stereocenters. The first-order valence-electron chi connectivity index (χ1n) is 9.38. The molecule has 0 spiro atoms. The third-order valence-electron chi connectivity index (χ3n) is 5.15. The van der Waals surface area contributed by atoms with Crippen molar-refractivity contribution in [3.63, 3.8) is 0 Å². The topological polar surface area (TPSA) is 60.2 Å². The summed E-state index contributed by atoms with van der Waals surface area (Å²) in [7, 11) is 0. The summed E-state index contributed by atoms with van der Waals surface area (Å²) in [6, 6.07) is 15.8. The Kier molecular flexibility index (Phi) is 5.04. The van der Waals surface area contributed by atoms with Crippen molar-refractivity contribution in [1.82, 2.24) is 9.88 Å². The lowest BCUT2D eigenvalue weighted by Gasteiger charge is -2.36. The maximum atomic E-state index is 12.9. The van der Waals surface area contributed by atoms with Crippen LogP contribution in [0.15, 0.2) is 54.6 Å². The largest absolute Gasteiger partial charge is 0.416 e. The molecule has 1 amide bonds. The minimum absolute atomic E-state index is 0.0272. The number of anilines is 1. The van der Waals surface area contributed by atoms with E-state index in [0.29, 0.717) is 37.4 Å². The molecule has 1 saturated heterocycles. The van der Waals surface area contributed by atoms with Crippen molar-refractivity contribution >= 4 is 22.5 Å². The van der Waals surface area contributed by atoms with Crippen molar-refractivity contribution in [3.8, 4) is 6.07 Å². The monoisotopic (exact) mass is 410 g/mol. The Labute approximate surface area is 171 Å². The van der Waals surface area contributed by atoms with Crippen LogP contribution in [0.3, 0.4) is 0 Å². The number of benzene rings is 2. The van der Waals surface area contributed by atoms with Crippen LogP contribution in [0.5, 0.6) is 0 Å². The van der Waals surface area contributed by atoms with Crippen LogP contribution in [0.4, 0.5) is 18.9 Å². The van der Waals surface area contributed by atoms with Crippen LogP contribution in [0.1, 0.15) is 21.6 Å². The van der Waals surface area contributed by atoms with Crippen LogP contribution in [0.2, 0.25) is 0 Å². The van der Waals surface area contributed by atoms with E-state index >= 15 is 0 Å². The van der Waals surface area contributed by atoms with Crippen LogP contribution in [0.25, 0.3) is 10.9 Å². The molecule has 1 aliphatic rings. The van der Waals surface area contributed by atoms with Crippen LogP contribution in [0, 0.1) is 11.3 Å². The second-order valence-electron chi connectivity index (χ2n) is 7.01. The van der Waals surface area contributed by atoms with Gasteiger partial charge in [0.1, 0.15) is 11.8 Å². The molecule has 0 saturated carbocycles. The molecule has 3 aromatic rings. The van der Waals surface area contributed by atoms with E-state index in [9.17, 15) is 23.2 Å². The Morgan fingerprint density at radius 1 is 1.00 bits per heavy atom. The lowest BCUT2D eigenvalue weighted by molar-refractivity contribution is -0.137. The number of fused-ring (bicyclic) bond motifs is 1. The van der Waals surface area contributed by atoms with Gasteiger partial charge in [-0.3, -0.25) is 4.79 Å². The number of hydrogen-bond donors (Lipinski definition) is 0. The first-order valence-corrected chi connectivity index (χ1v) is 9.38. The standard InChI is InChI=1S/C22H17F3N4O/c23-22(24,25)16-5-3-4-15(12-16)21(30)29-10-8-28(9-11-29)20-13-17(14-26)27-19-7-2-1-6-18(19)20/h1-7,12-13H,8-11H2. The number of rotatable bonds is 2. The number of nitrogens with zero attached hydrogens (tertiary/aromatic N) is 4. The Bertz CT molecular complexity index is 1150. The van der Waals surface area contributed by atoms with Gasteiger partial charge < -0.3 is 9.80 Å². The van der Waals surface area contributed by atoms with E-state index in [1.807, 2.05) is 24.3 Å². The summed E-state index contributed by atoms with van der Waals surface area (Å²) < 4.78 is 38.8. The van der Waals surface area contributed by atoms with E-state index < -0.39 is 17.6 Å². The van der Waals surface area contributed by atoms with Gasteiger partial charge in [0.15, 0.2) is 0 Å². The third kappa shape index (κ3) is 3.79. The zero-order valence-corrected chi connectivity index (χ0v) is 15.9. The van der Waals surface area contributed by atoms with E-state index in [1.165, 1.54) is 12.1 Å². The van der Waals surface area contributed by atoms with Gasteiger partial charge >= 0.3 is 6.18 Å². The van der Waals surface area contributed by atoms with Crippen LogP contribution in [-0.4, -0.2) is 42.0 Å². The van der Waals surface area contributed by atoms with E-state index in [-0.39, 0.29) is 5.56 Å². The number of halogens is 3. The molecular weight excluding hydrogens is 393 g/mol. The number of alkyl halides is 3. The van der Waals surface area contributed by atoms with Crippen LogP contribution >= 0.6 is 0 Å². The predicted octanol–water partition coefficient (Wildman–Crippen LogP) is 4.09. The molecule has 8 heteroatoms. The molecule has 2 heterocycles. The minimum atomic E-state index is -4.49. The summed E-state index contributed by atoms with van der Waals surface area (Å²) in [6.07, 6.45) is -4.49. The third-order valence-corrected chi connectivity index (χ3v) is 5.15. The van der Waals surface area contributed by atoms with Crippen molar-refractivity contribution in [3.05, 3.63) is 71.4 Å². The number of carbonyl (C=O) groups is 1. The molecule has 1 aliphatic heterocycles. The molecule has 1 fully saturated rings. The van der Waals surface area contributed by atoms with Crippen molar-refractivity contribution in [2.45, 2.75) is 6.18 Å². The average molecular weight is 410 g/mol. The lowest BCUT2D eigenvalue weighted by atomic mass is 10.1. The molecule has 30 heavy (non-hydrogen) atoms. The van der Waals surface area contributed by atoms with Gasteiger partial charge in [0.25, 0.3) is 5.91 Å². The number of carbonyl (C=O) groups excluding carboxylic acids is 1. The number of pyridine rings is 1. The number of hydrogen-bond acceptors (Lipinski definition) is 4. The molecule has 0 aliphatic carbocycles. The number of nitriles is 1. The van der Waals surface area contributed by atoms with E-state index in [1.54, 1.807) is 11.0 Å². The smallest absolute Gasteiger partial charge is 0.367 e. The highest BCUT2D eigenvalue weighted by molar-refractivity contribution is 5.95. The first kappa shape index (κ1) is 19.7. The second-order valence-corrected chi connectivity index (χ2v) is 7.01. The highest BCUT2D eigenvalue weighted by atomic mass is 19.4. The van der Waals surface area contributed by atoms with Crippen molar-refractivity contribution in [1.29, 1.82) is 5.26 Å². The molecule has 0 radical (unpaired) electrons. The number of piperazine rings is 1. The molecule has 2 aromatic carbocycles. The summed E-state index contributed by atoms with van der Waals surface area (Å²) in [5.74, 6) is -0.418. The molecule has 0 atom stereocenters. The Balaban J connectivity index is 1.53. The quantitative estimate of drug-likeness (QED) is 0.639. The molecule has 4 rings (SSSR count). The molecule has 152 valence electrons. The van der Waals surface area contributed by atoms with Gasteiger partial charge in [0.2, 0.25) is 0 Å². The summed E-state index contributed by atoms with van der Waals surface area (Å²) >= 11 is 0. The van der Waals surface area contributed by atoms with Crippen molar-refractivity contribution in [2.24, 2.45) is 0 Å². The van der Waals surface area contributed by atoms with Crippen molar-refractivity contribution < 1.29 is 18.0 Å². The fourth-order valence-electron chi connectivity index (χ4n) is 3.64. The minimum Gasteiger partial charge on any atom is -0.367 e. The lowest BCUT2D eigenvalue weighted by Crippen LogP contribution is -2.49. The van der Waals surface area contributed by atoms with Gasteiger partial charge in [-0.15, -0.1) is 0 Å². The second kappa shape index (κ2) is 7.67.